The van der Waals surface area contributed by atoms with Crippen molar-refractivity contribution >= 4 is 11.6 Å². The number of amides is 1. The molecule has 0 aliphatic heterocycles. The summed E-state index contributed by atoms with van der Waals surface area (Å²) in [5, 5.41) is 4.13. The van der Waals surface area contributed by atoms with Crippen LogP contribution in [0.4, 0.5) is 0 Å². The summed E-state index contributed by atoms with van der Waals surface area (Å²) in [6.45, 7) is 3.80. The molecule has 4 heteroatoms. The van der Waals surface area contributed by atoms with Gasteiger partial charge in [-0.15, -0.1) is 0 Å². The third-order valence-electron chi connectivity index (χ3n) is 4.15. The van der Waals surface area contributed by atoms with Crippen LogP contribution < -0.4 is 10.2 Å². The summed E-state index contributed by atoms with van der Waals surface area (Å²) in [5.41, 5.74) is 7.67. The maximum atomic E-state index is 12.0. The van der Waals surface area contributed by atoms with E-state index in [1.54, 1.807) is 0 Å². The fraction of sp³-hybridized carbons (Fsp3) is 0.130. The predicted molar refractivity (Wildman–Crippen MR) is 109 cm³/mol. The molecule has 0 unspecified atom stereocenters. The Morgan fingerprint density at radius 3 is 2.19 bits per heavy atom. The van der Waals surface area contributed by atoms with Gasteiger partial charge in [0, 0.05) is 0 Å². The Balaban J connectivity index is 1.51. The van der Waals surface area contributed by atoms with Crippen LogP contribution in [0, 0.1) is 6.92 Å². The van der Waals surface area contributed by atoms with E-state index in [0.717, 1.165) is 22.4 Å². The van der Waals surface area contributed by atoms with Gasteiger partial charge in [-0.25, -0.2) is 5.43 Å². The van der Waals surface area contributed by atoms with E-state index in [4.69, 9.17) is 4.74 Å². The molecule has 136 valence electrons. The van der Waals surface area contributed by atoms with E-state index in [1.807, 2.05) is 80.6 Å². The molecule has 0 heterocycles. The van der Waals surface area contributed by atoms with Gasteiger partial charge in [0.25, 0.3) is 5.91 Å². The lowest BCUT2D eigenvalue weighted by atomic mass is 10.1. The average molecular weight is 358 g/mol. The second kappa shape index (κ2) is 8.81. The zero-order valence-corrected chi connectivity index (χ0v) is 15.5. The molecular weight excluding hydrogens is 336 g/mol. The van der Waals surface area contributed by atoms with Gasteiger partial charge in [0.1, 0.15) is 5.75 Å². The third-order valence-corrected chi connectivity index (χ3v) is 4.15. The second-order valence-electron chi connectivity index (χ2n) is 6.28. The number of benzene rings is 3. The van der Waals surface area contributed by atoms with Gasteiger partial charge in [-0.1, -0.05) is 72.3 Å². The van der Waals surface area contributed by atoms with Crippen LogP contribution in [-0.2, 0) is 4.79 Å². The Morgan fingerprint density at radius 1 is 0.889 bits per heavy atom. The van der Waals surface area contributed by atoms with Gasteiger partial charge in [0.15, 0.2) is 6.61 Å². The SMILES string of the molecule is C/C(=N\NC(=O)COc1ccc(-c2ccccc2)cc1)c1ccc(C)cc1. The molecule has 0 bridgehead atoms. The minimum atomic E-state index is -0.298. The van der Waals surface area contributed by atoms with Gasteiger partial charge in [0.2, 0.25) is 0 Å². The number of nitrogens with zero attached hydrogens (tertiary/aromatic N) is 1. The molecule has 0 aliphatic carbocycles. The number of hydrogen-bond donors (Lipinski definition) is 1. The van der Waals surface area contributed by atoms with E-state index in [2.05, 4.69) is 22.7 Å². The summed E-state index contributed by atoms with van der Waals surface area (Å²) in [6, 6.07) is 25.7. The van der Waals surface area contributed by atoms with Crippen molar-refractivity contribution in [1.82, 2.24) is 5.43 Å². The number of rotatable bonds is 6. The van der Waals surface area contributed by atoms with E-state index in [-0.39, 0.29) is 12.5 Å². The highest BCUT2D eigenvalue weighted by atomic mass is 16.5. The number of ether oxygens (including phenoxy) is 1. The Bertz CT molecular complexity index is 915. The average Bonchev–Trinajstić information content (AvgIpc) is 2.72. The maximum Gasteiger partial charge on any atom is 0.277 e. The van der Waals surface area contributed by atoms with E-state index in [1.165, 1.54) is 5.56 Å². The lowest BCUT2D eigenvalue weighted by Crippen LogP contribution is -2.25. The van der Waals surface area contributed by atoms with Crippen LogP contribution in [0.2, 0.25) is 0 Å². The molecule has 0 radical (unpaired) electrons. The number of hydrazone groups is 1. The lowest BCUT2D eigenvalue weighted by molar-refractivity contribution is -0.123. The van der Waals surface area contributed by atoms with Crippen molar-refractivity contribution in [3.8, 4) is 16.9 Å². The Hall–Kier alpha value is -3.40. The maximum absolute atomic E-state index is 12.0. The zero-order chi connectivity index (χ0) is 19.1. The van der Waals surface area contributed by atoms with Crippen molar-refractivity contribution in [3.63, 3.8) is 0 Å². The summed E-state index contributed by atoms with van der Waals surface area (Å²) in [4.78, 5) is 12.0. The number of aryl methyl sites for hydroxylation is 1. The van der Waals surface area contributed by atoms with Crippen molar-refractivity contribution in [2.45, 2.75) is 13.8 Å². The fourth-order valence-electron chi connectivity index (χ4n) is 2.56. The third kappa shape index (κ3) is 5.28. The quantitative estimate of drug-likeness (QED) is 0.518. The number of hydrogen-bond acceptors (Lipinski definition) is 3. The first kappa shape index (κ1) is 18.4. The van der Waals surface area contributed by atoms with Crippen LogP contribution in [0.25, 0.3) is 11.1 Å². The van der Waals surface area contributed by atoms with Crippen LogP contribution in [0.5, 0.6) is 5.75 Å². The Labute approximate surface area is 159 Å². The standard InChI is InChI=1S/C23H22N2O2/c1-17-8-10-19(11-9-17)18(2)24-25-23(26)16-27-22-14-12-21(13-15-22)20-6-4-3-5-7-20/h3-15H,16H2,1-2H3,(H,25,26)/b24-18+. The van der Waals surface area contributed by atoms with E-state index in [9.17, 15) is 4.79 Å². The van der Waals surface area contributed by atoms with Crippen molar-refractivity contribution in [1.29, 1.82) is 0 Å². The summed E-state index contributed by atoms with van der Waals surface area (Å²) >= 11 is 0. The molecular formula is C23H22N2O2. The highest BCUT2D eigenvalue weighted by molar-refractivity contribution is 5.99. The molecule has 0 atom stereocenters. The summed E-state index contributed by atoms with van der Waals surface area (Å²) in [5.74, 6) is 0.345. The molecule has 4 nitrogen and oxygen atoms in total. The predicted octanol–water partition coefficient (Wildman–Crippen LogP) is 4.58. The first-order valence-corrected chi connectivity index (χ1v) is 8.80. The first-order valence-electron chi connectivity index (χ1n) is 8.80. The van der Waals surface area contributed by atoms with Crippen molar-refractivity contribution in [3.05, 3.63) is 90.0 Å². The van der Waals surface area contributed by atoms with Gasteiger partial charge < -0.3 is 4.74 Å². The number of carbonyl (C=O) groups is 1. The van der Waals surface area contributed by atoms with Crippen molar-refractivity contribution in [2.75, 3.05) is 6.61 Å². The van der Waals surface area contributed by atoms with E-state index < -0.39 is 0 Å². The Kier molecular flexibility index (Phi) is 6.00. The normalized spacial score (nSPS) is 11.1. The highest BCUT2D eigenvalue weighted by Gasteiger charge is 2.04. The lowest BCUT2D eigenvalue weighted by Gasteiger charge is -2.07. The fourth-order valence-corrected chi connectivity index (χ4v) is 2.56. The van der Waals surface area contributed by atoms with E-state index >= 15 is 0 Å². The minimum Gasteiger partial charge on any atom is -0.484 e. The molecule has 3 aromatic carbocycles. The zero-order valence-electron chi connectivity index (χ0n) is 15.5. The molecule has 0 saturated heterocycles. The van der Waals surface area contributed by atoms with Crippen molar-refractivity contribution < 1.29 is 9.53 Å². The monoisotopic (exact) mass is 358 g/mol. The first-order chi connectivity index (χ1) is 13.1. The van der Waals surface area contributed by atoms with Gasteiger partial charge >= 0.3 is 0 Å². The molecule has 0 aromatic heterocycles. The van der Waals surface area contributed by atoms with Gasteiger partial charge in [-0.3, -0.25) is 4.79 Å². The van der Waals surface area contributed by atoms with Gasteiger partial charge in [-0.2, -0.15) is 5.10 Å². The van der Waals surface area contributed by atoms with Crippen LogP contribution in [0.3, 0.4) is 0 Å². The number of nitrogens with one attached hydrogen (secondary N) is 1. The molecule has 1 amide bonds. The van der Waals surface area contributed by atoms with E-state index in [0.29, 0.717) is 5.75 Å². The molecule has 0 spiro atoms. The van der Waals surface area contributed by atoms with Crippen molar-refractivity contribution in [2.24, 2.45) is 5.10 Å². The van der Waals surface area contributed by atoms with Crippen LogP contribution in [0.1, 0.15) is 18.1 Å². The van der Waals surface area contributed by atoms with Gasteiger partial charge in [-0.05, 0) is 42.7 Å². The minimum absolute atomic E-state index is 0.0879. The number of carbonyl (C=O) groups excluding carboxylic acids is 1. The molecule has 0 fully saturated rings. The molecule has 27 heavy (non-hydrogen) atoms. The van der Waals surface area contributed by atoms with Crippen LogP contribution in [0.15, 0.2) is 84.0 Å². The molecule has 3 aromatic rings. The molecule has 1 N–H and O–H groups in total. The largest absolute Gasteiger partial charge is 0.484 e. The smallest absolute Gasteiger partial charge is 0.277 e. The molecule has 3 rings (SSSR count). The highest BCUT2D eigenvalue weighted by Crippen LogP contribution is 2.21. The van der Waals surface area contributed by atoms with Gasteiger partial charge in [0.05, 0.1) is 5.71 Å². The molecule has 0 aliphatic rings. The van der Waals surface area contributed by atoms with Crippen LogP contribution >= 0.6 is 0 Å². The Morgan fingerprint density at radius 2 is 1.52 bits per heavy atom. The van der Waals surface area contributed by atoms with Crippen LogP contribution in [-0.4, -0.2) is 18.2 Å². The summed E-state index contributed by atoms with van der Waals surface area (Å²) in [7, 11) is 0. The topological polar surface area (TPSA) is 50.7 Å². The summed E-state index contributed by atoms with van der Waals surface area (Å²) in [6.07, 6.45) is 0. The molecule has 0 saturated carbocycles. The second-order valence-corrected chi connectivity index (χ2v) is 6.28. The summed E-state index contributed by atoms with van der Waals surface area (Å²) < 4.78 is 5.53.